The lowest BCUT2D eigenvalue weighted by Gasteiger charge is -2.36. The van der Waals surface area contributed by atoms with Gasteiger partial charge >= 0.3 is 0 Å². The SMILES string of the molecule is CCOC(CC1CCCCC1)Oc1ccc(C(CC(C)(C)N)C(C)(C)N)cc1. The van der Waals surface area contributed by atoms with Crippen LogP contribution < -0.4 is 16.2 Å². The highest BCUT2D eigenvalue weighted by Crippen LogP contribution is 2.34. The number of nitrogens with two attached hydrogens (primary N) is 2. The maximum absolute atomic E-state index is 6.47. The van der Waals surface area contributed by atoms with Crippen LogP contribution in [-0.2, 0) is 4.74 Å². The lowest BCUT2D eigenvalue weighted by atomic mass is 9.75. The van der Waals surface area contributed by atoms with Crippen molar-refractivity contribution >= 4 is 0 Å². The Bertz CT molecular complexity index is 566. The summed E-state index contributed by atoms with van der Waals surface area (Å²) in [4.78, 5) is 0. The highest BCUT2D eigenvalue weighted by Gasteiger charge is 2.31. The Morgan fingerprint density at radius 3 is 2.11 bits per heavy atom. The number of hydrogen-bond acceptors (Lipinski definition) is 4. The van der Waals surface area contributed by atoms with Crippen molar-refractivity contribution in [3.63, 3.8) is 0 Å². The second-order valence-corrected chi connectivity index (χ2v) is 9.88. The summed E-state index contributed by atoms with van der Waals surface area (Å²) >= 11 is 0. The number of rotatable bonds is 10. The maximum Gasteiger partial charge on any atom is 0.200 e. The lowest BCUT2D eigenvalue weighted by molar-refractivity contribution is -0.0902. The van der Waals surface area contributed by atoms with Crippen molar-refractivity contribution in [2.75, 3.05) is 6.61 Å². The summed E-state index contributed by atoms with van der Waals surface area (Å²) in [5.41, 5.74) is 13.4. The van der Waals surface area contributed by atoms with E-state index in [1.54, 1.807) is 0 Å². The van der Waals surface area contributed by atoms with E-state index < -0.39 is 0 Å². The summed E-state index contributed by atoms with van der Waals surface area (Å²) in [7, 11) is 0. The van der Waals surface area contributed by atoms with Crippen LogP contribution in [0.15, 0.2) is 24.3 Å². The Labute approximate surface area is 172 Å². The van der Waals surface area contributed by atoms with Crippen LogP contribution in [0.5, 0.6) is 5.75 Å². The van der Waals surface area contributed by atoms with Gasteiger partial charge in [0.05, 0.1) is 0 Å². The van der Waals surface area contributed by atoms with E-state index in [1.165, 1.54) is 37.7 Å². The van der Waals surface area contributed by atoms with Gasteiger partial charge in [-0.2, -0.15) is 0 Å². The molecule has 1 aliphatic rings. The molecule has 1 fully saturated rings. The van der Waals surface area contributed by atoms with Crippen LogP contribution in [0, 0.1) is 5.92 Å². The molecule has 0 heterocycles. The molecule has 0 bridgehead atoms. The Hall–Kier alpha value is -1.10. The van der Waals surface area contributed by atoms with Crippen molar-refractivity contribution in [3.8, 4) is 5.75 Å². The Kier molecular flexibility index (Phi) is 8.35. The molecule has 4 N–H and O–H groups in total. The Morgan fingerprint density at radius 1 is 1.00 bits per heavy atom. The lowest BCUT2D eigenvalue weighted by Crippen LogP contribution is -2.45. The summed E-state index contributed by atoms with van der Waals surface area (Å²) in [6, 6.07) is 8.35. The fourth-order valence-electron chi connectivity index (χ4n) is 4.30. The van der Waals surface area contributed by atoms with Crippen LogP contribution in [0.25, 0.3) is 0 Å². The molecule has 0 aliphatic heterocycles. The van der Waals surface area contributed by atoms with Crippen LogP contribution in [-0.4, -0.2) is 24.0 Å². The first-order valence-corrected chi connectivity index (χ1v) is 11.0. The fourth-order valence-corrected chi connectivity index (χ4v) is 4.30. The summed E-state index contributed by atoms with van der Waals surface area (Å²) in [6.07, 6.45) is 8.30. The van der Waals surface area contributed by atoms with Gasteiger partial charge in [-0.25, -0.2) is 0 Å². The van der Waals surface area contributed by atoms with E-state index in [2.05, 4.69) is 39.8 Å². The predicted molar refractivity (Wildman–Crippen MR) is 118 cm³/mol. The summed E-state index contributed by atoms with van der Waals surface area (Å²) in [5.74, 6) is 1.77. The van der Waals surface area contributed by atoms with Gasteiger partial charge < -0.3 is 20.9 Å². The molecule has 0 aromatic heterocycles. The van der Waals surface area contributed by atoms with Gasteiger partial charge in [0.15, 0.2) is 6.29 Å². The van der Waals surface area contributed by atoms with Crippen molar-refractivity contribution in [2.24, 2.45) is 17.4 Å². The van der Waals surface area contributed by atoms with Gasteiger partial charge in [0.1, 0.15) is 5.75 Å². The molecule has 28 heavy (non-hydrogen) atoms. The van der Waals surface area contributed by atoms with E-state index in [0.717, 1.165) is 24.5 Å². The Morgan fingerprint density at radius 2 is 1.61 bits per heavy atom. The van der Waals surface area contributed by atoms with Gasteiger partial charge in [-0.05, 0) is 64.7 Å². The molecule has 2 rings (SSSR count). The first kappa shape index (κ1) is 23.2. The van der Waals surface area contributed by atoms with Gasteiger partial charge in [-0.3, -0.25) is 0 Å². The molecule has 1 saturated carbocycles. The average molecular weight is 391 g/mol. The first-order chi connectivity index (χ1) is 13.1. The van der Waals surface area contributed by atoms with Crippen molar-refractivity contribution in [1.82, 2.24) is 0 Å². The van der Waals surface area contributed by atoms with Crippen LogP contribution >= 0.6 is 0 Å². The van der Waals surface area contributed by atoms with E-state index in [-0.39, 0.29) is 23.3 Å². The molecule has 2 unspecified atom stereocenters. The third-order valence-electron chi connectivity index (χ3n) is 5.78. The summed E-state index contributed by atoms with van der Waals surface area (Å²) in [6.45, 7) is 11.0. The summed E-state index contributed by atoms with van der Waals surface area (Å²) in [5, 5.41) is 0. The molecule has 0 radical (unpaired) electrons. The van der Waals surface area contributed by atoms with Gasteiger partial charge in [-0.1, -0.05) is 44.2 Å². The normalized spacial score (nSPS) is 18.7. The Balaban J connectivity index is 2.05. The number of benzene rings is 1. The molecular formula is C24H42N2O2. The second-order valence-electron chi connectivity index (χ2n) is 9.88. The number of hydrogen-bond donors (Lipinski definition) is 2. The zero-order chi connectivity index (χ0) is 20.8. The van der Waals surface area contributed by atoms with Gasteiger partial charge in [0.2, 0.25) is 0 Å². The largest absolute Gasteiger partial charge is 0.465 e. The molecule has 2 atom stereocenters. The van der Waals surface area contributed by atoms with Crippen molar-refractivity contribution in [1.29, 1.82) is 0 Å². The summed E-state index contributed by atoms with van der Waals surface area (Å²) < 4.78 is 12.1. The molecule has 0 spiro atoms. The van der Waals surface area contributed by atoms with Crippen LogP contribution in [0.2, 0.25) is 0 Å². The van der Waals surface area contributed by atoms with E-state index >= 15 is 0 Å². The minimum absolute atomic E-state index is 0.163. The molecule has 4 heteroatoms. The molecule has 1 aromatic rings. The molecule has 1 aliphatic carbocycles. The monoisotopic (exact) mass is 390 g/mol. The van der Waals surface area contributed by atoms with E-state index in [0.29, 0.717) is 6.61 Å². The molecule has 0 amide bonds. The van der Waals surface area contributed by atoms with E-state index in [4.69, 9.17) is 20.9 Å². The molecule has 160 valence electrons. The standard InChI is InChI=1S/C24H42N2O2/c1-6-27-22(16-18-10-8-7-9-11-18)28-20-14-12-19(13-15-20)21(24(4,5)26)17-23(2,3)25/h12-15,18,21-22H,6-11,16-17,25-26H2,1-5H3. The topological polar surface area (TPSA) is 70.5 Å². The van der Waals surface area contributed by atoms with Gasteiger partial charge in [-0.15, -0.1) is 0 Å². The highest BCUT2D eigenvalue weighted by molar-refractivity contribution is 5.31. The third kappa shape index (κ3) is 7.73. The zero-order valence-corrected chi connectivity index (χ0v) is 18.7. The number of ether oxygens (including phenoxy) is 2. The predicted octanol–water partition coefficient (Wildman–Crippen LogP) is 5.35. The molecule has 0 saturated heterocycles. The highest BCUT2D eigenvalue weighted by atomic mass is 16.7. The molecule has 1 aromatic carbocycles. The minimum Gasteiger partial charge on any atom is -0.465 e. The average Bonchev–Trinajstić information content (AvgIpc) is 2.60. The quantitative estimate of drug-likeness (QED) is 0.529. The fraction of sp³-hybridized carbons (Fsp3) is 0.750. The maximum atomic E-state index is 6.47. The zero-order valence-electron chi connectivity index (χ0n) is 18.7. The van der Waals surface area contributed by atoms with E-state index in [1.807, 2.05) is 19.1 Å². The smallest absolute Gasteiger partial charge is 0.200 e. The molecular weight excluding hydrogens is 348 g/mol. The minimum atomic E-state index is -0.339. The van der Waals surface area contributed by atoms with Crippen molar-refractivity contribution < 1.29 is 9.47 Å². The first-order valence-electron chi connectivity index (χ1n) is 11.0. The second kappa shape index (κ2) is 10.1. The molecule has 4 nitrogen and oxygen atoms in total. The van der Waals surface area contributed by atoms with Gasteiger partial charge in [0, 0.05) is 30.0 Å². The van der Waals surface area contributed by atoms with E-state index in [9.17, 15) is 0 Å². The third-order valence-corrected chi connectivity index (χ3v) is 5.78. The van der Waals surface area contributed by atoms with Crippen LogP contribution in [0.1, 0.15) is 91.0 Å². The van der Waals surface area contributed by atoms with Crippen LogP contribution in [0.4, 0.5) is 0 Å². The van der Waals surface area contributed by atoms with Crippen molar-refractivity contribution in [2.45, 2.75) is 103 Å². The van der Waals surface area contributed by atoms with Gasteiger partial charge in [0.25, 0.3) is 0 Å². The van der Waals surface area contributed by atoms with Crippen molar-refractivity contribution in [3.05, 3.63) is 29.8 Å². The van der Waals surface area contributed by atoms with Crippen LogP contribution in [0.3, 0.4) is 0 Å².